The highest BCUT2D eigenvalue weighted by Crippen LogP contribution is 2.18. The third kappa shape index (κ3) is 5.51. The third-order valence-electron chi connectivity index (χ3n) is 3.68. The van der Waals surface area contributed by atoms with Gasteiger partial charge in [-0.05, 0) is 49.5 Å². The molecule has 2 aromatic rings. The monoisotopic (exact) mass is 349 g/mol. The first kappa shape index (κ1) is 18.2. The number of rotatable bonds is 6. The van der Waals surface area contributed by atoms with Crippen molar-refractivity contribution in [2.24, 2.45) is 0 Å². The zero-order valence-electron chi connectivity index (χ0n) is 13.7. The van der Waals surface area contributed by atoms with Crippen molar-refractivity contribution in [2.75, 3.05) is 20.6 Å². The summed E-state index contributed by atoms with van der Waals surface area (Å²) in [5.41, 5.74) is 1.78. The van der Waals surface area contributed by atoms with E-state index in [1.165, 1.54) is 12.1 Å². The molecule has 2 aromatic carbocycles. The molecule has 0 spiro atoms. The maximum atomic E-state index is 13.4. The van der Waals surface area contributed by atoms with Crippen molar-refractivity contribution >= 4 is 17.6 Å². The Morgan fingerprint density at radius 2 is 1.88 bits per heavy atom. The van der Waals surface area contributed by atoms with Gasteiger partial charge in [-0.2, -0.15) is 0 Å². The maximum absolute atomic E-state index is 13.4. The van der Waals surface area contributed by atoms with Crippen LogP contribution in [0.1, 0.15) is 17.2 Å². The Morgan fingerprint density at radius 1 is 1.17 bits per heavy atom. The van der Waals surface area contributed by atoms with E-state index < -0.39 is 0 Å². The van der Waals surface area contributed by atoms with Gasteiger partial charge in [0, 0.05) is 18.1 Å². The Balaban J connectivity index is 1.87. The predicted molar refractivity (Wildman–Crippen MR) is 94.5 cm³/mol. The fourth-order valence-corrected chi connectivity index (χ4v) is 2.47. The lowest BCUT2D eigenvalue weighted by molar-refractivity contribution is 0.232. The van der Waals surface area contributed by atoms with Crippen LogP contribution in [0.2, 0.25) is 5.02 Å². The molecular weight excluding hydrogens is 329 g/mol. The number of urea groups is 1. The van der Waals surface area contributed by atoms with Crippen LogP contribution in [-0.2, 0) is 6.54 Å². The lowest BCUT2D eigenvalue weighted by atomic mass is 10.1. The van der Waals surface area contributed by atoms with Crippen LogP contribution in [0.3, 0.4) is 0 Å². The molecule has 1 unspecified atom stereocenters. The van der Waals surface area contributed by atoms with Crippen LogP contribution in [0, 0.1) is 5.82 Å². The molecule has 4 nitrogen and oxygen atoms in total. The van der Waals surface area contributed by atoms with Crippen LogP contribution in [0.15, 0.2) is 48.5 Å². The van der Waals surface area contributed by atoms with Crippen molar-refractivity contribution in [3.63, 3.8) is 0 Å². The summed E-state index contributed by atoms with van der Waals surface area (Å²) < 4.78 is 13.4. The van der Waals surface area contributed by atoms with Gasteiger partial charge in [0.05, 0.1) is 6.04 Å². The van der Waals surface area contributed by atoms with Gasteiger partial charge in [-0.1, -0.05) is 35.9 Å². The summed E-state index contributed by atoms with van der Waals surface area (Å²) in [6.07, 6.45) is 0. The Hall–Kier alpha value is -2.11. The van der Waals surface area contributed by atoms with E-state index >= 15 is 0 Å². The Labute approximate surface area is 146 Å². The predicted octanol–water partition coefficient (Wildman–Crippen LogP) is 3.58. The first-order chi connectivity index (χ1) is 11.5. The topological polar surface area (TPSA) is 44.4 Å². The first-order valence-electron chi connectivity index (χ1n) is 7.64. The van der Waals surface area contributed by atoms with E-state index in [-0.39, 0.29) is 17.9 Å². The Bertz CT molecular complexity index is 676. The minimum atomic E-state index is -0.286. The lowest BCUT2D eigenvalue weighted by Gasteiger charge is -2.25. The summed E-state index contributed by atoms with van der Waals surface area (Å²) in [6, 6.07) is 13.3. The van der Waals surface area contributed by atoms with E-state index in [9.17, 15) is 9.18 Å². The molecule has 2 amide bonds. The molecule has 0 fully saturated rings. The van der Waals surface area contributed by atoms with E-state index in [1.54, 1.807) is 18.2 Å². The average molecular weight is 350 g/mol. The first-order valence-corrected chi connectivity index (χ1v) is 8.01. The standard InChI is InChI=1S/C18H21ClFN3O/c1-23(2)17(14-4-3-5-16(20)10-14)12-22-18(24)21-11-13-6-8-15(19)9-7-13/h3-10,17H,11-12H2,1-2H3,(H2,21,22,24). The zero-order valence-corrected chi connectivity index (χ0v) is 14.5. The largest absolute Gasteiger partial charge is 0.336 e. The van der Waals surface area contributed by atoms with Gasteiger partial charge in [0.2, 0.25) is 0 Å². The van der Waals surface area contributed by atoms with Crippen LogP contribution in [-0.4, -0.2) is 31.6 Å². The van der Waals surface area contributed by atoms with E-state index in [2.05, 4.69) is 10.6 Å². The SMILES string of the molecule is CN(C)C(CNC(=O)NCc1ccc(Cl)cc1)c1cccc(F)c1. The fraction of sp³-hybridized carbons (Fsp3) is 0.278. The molecule has 1 atom stereocenters. The van der Waals surface area contributed by atoms with E-state index in [0.29, 0.717) is 18.1 Å². The summed E-state index contributed by atoms with van der Waals surface area (Å²) in [6.45, 7) is 0.790. The van der Waals surface area contributed by atoms with Gasteiger partial charge in [-0.3, -0.25) is 0 Å². The molecule has 24 heavy (non-hydrogen) atoms. The van der Waals surface area contributed by atoms with Gasteiger partial charge in [-0.15, -0.1) is 0 Å². The lowest BCUT2D eigenvalue weighted by Crippen LogP contribution is -2.40. The summed E-state index contributed by atoms with van der Waals surface area (Å²) in [5.74, 6) is -0.286. The van der Waals surface area contributed by atoms with Gasteiger partial charge < -0.3 is 15.5 Å². The number of amides is 2. The highest BCUT2D eigenvalue weighted by atomic mass is 35.5. The molecule has 2 rings (SSSR count). The van der Waals surface area contributed by atoms with Gasteiger partial charge >= 0.3 is 6.03 Å². The minimum Gasteiger partial charge on any atom is -0.336 e. The average Bonchev–Trinajstić information content (AvgIpc) is 2.54. The van der Waals surface area contributed by atoms with E-state index in [1.807, 2.05) is 37.2 Å². The molecule has 2 N–H and O–H groups in total. The third-order valence-corrected chi connectivity index (χ3v) is 3.93. The number of hydrogen-bond donors (Lipinski definition) is 2. The zero-order chi connectivity index (χ0) is 17.5. The van der Waals surface area contributed by atoms with Crippen LogP contribution < -0.4 is 10.6 Å². The second-order valence-electron chi connectivity index (χ2n) is 5.72. The molecule has 0 aliphatic heterocycles. The number of likely N-dealkylation sites (N-methyl/N-ethyl adjacent to an activating group) is 1. The number of carbonyl (C=O) groups excluding carboxylic acids is 1. The van der Waals surface area contributed by atoms with E-state index in [0.717, 1.165) is 11.1 Å². The molecule has 0 aliphatic carbocycles. The number of nitrogens with zero attached hydrogens (tertiary/aromatic N) is 1. The molecule has 0 aromatic heterocycles. The van der Waals surface area contributed by atoms with Crippen molar-refractivity contribution in [3.05, 3.63) is 70.5 Å². The highest BCUT2D eigenvalue weighted by Gasteiger charge is 2.15. The van der Waals surface area contributed by atoms with Crippen molar-refractivity contribution in [3.8, 4) is 0 Å². The van der Waals surface area contributed by atoms with Crippen molar-refractivity contribution in [1.82, 2.24) is 15.5 Å². The quantitative estimate of drug-likeness (QED) is 0.837. The molecule has 6 heteroatoms. The van der Waals surface area contributed by atoms with Gasteiger partial charge in [0.1, 0.15) is 5.82 Å². The van der Waals surface area contributed by atoms with Crippen molar-refractivity contribution in [1.29, 1.82) is 0 Å². The van der Waals surface area contributed by atoms with Crippen LogP contribution >= 0.6 is 11.6 Å². The Kier molecular flexibility index (Phi) is 6.58. The second-order valence-corrected chi connectivity index (χ2v) is 6.16. The summed E-state index contributed by atoms with van der Waals surface area (Å²) in [4.78, 5) is 13.9. The van der Waals surface area contributed by atoms with Gasteiger partial charge in [0.15, 0.2) is 0 Å². The second kappa shape index (κ2) is 8.66. The molecule has 0 saturated carbocycles. The number of carbonyl (C=O) groups is 1. The smallest absolute Gasteiger partial charge is 0.315 e. The molecule has 0 saturated heterocycles. The Morgan fingerprint density at radius 3 is 2.50 bits per heavy atom. The maximum Gasteiger partial charge on any atom is 0.315 e. The number of halogens is 2. The summed E-state index contributed by atoms with van der Waals surface area (Å²) in [7, 11) is 3.78. The van der Waals surface area contributed by atoms with Crippen LogP contribution in [0.4, 0.5) is 9.18 Å². The van der Waals surface area contributed by atoms with Gasteiger partial charge in [-0.25, -0.2) is 9.18 Å². The molecule has 0 aliphatic rings. The minimum absolute atomic E-state index is 0.109. The van der Waals surface area contributed by atoms with Gasteiger partial charge in [0.25, 0.3) is 0 Å². The fourth-order valence-electron chi connectivity index (χ4n) is 2.35. The highest BCUT2D eigenvalue weighted by molar-refractivity contribution is 6.30. The number of nitrogens with one attached hydrogen (secondary N) is 2. The molecule has 0 heterocycles. The molecule has 128 valence electrons. The summed E-state index contributed by atoms with van der Waals surface area (Å²) >= 11 is 5.83. The molecular formula is C18H21ClFN3O. The number of benzene rings is 2. The van der Waals surface area contributed by atoms with Crippen LogP contribution in [0.5, 0.6) is 0 Å². The summed E-state index contributed by atoms with van der Waals surface area (Å²) in [5, 5.41) is 6.27. The van der Waals surface area contributed by atoms with E-state index in [4.69, 9.17) is 11.6 Å². The van der Waals surface area contributed by atoms with Crippen molar-refractivity contribution in [2.45, 2.75) is 12.6 Å². The molecule has 0 radical (unpaired) electrons. The van der Waals surface area contributed by atoms with Crippen LogP contribution in [0.25, 0.3) is 0 Å². The normalized spacial score (nSPS) is 12.0. The van der Waals surface area contributed by atoms with Crippen molar-refractivity contribution < 1.29 is 9.18 Å². The number of hydrogen-bond acceptors (Lipinski definition) is 2. The molecule has 0 bridgehead atoms.